The highest BCUT2D eigenvalue weighted by Gasteiger charge is 2.29. The Morgan fingerprint density at radius 1 is 1.18 bits per heavy atom. The smallest absolute Gasteiger partial charge is 0.250 e. The Balaban J connectivity index is 1.91. The van der Waals surface area contributed by atoms with Crippen molar-refractivity contribution in [3.63, 3.8) is 0 Å². The van der Waals surface area contributed by atoms with E-state index < -0.39 is 0 Å². The minimum absolute atomic E-state index is 0.0103. The molecule has 2 aromatic rings. The molecule has 1 fully saturated rings. The molecule has 1 saturated heterocycles. The maximum absolute atomic E-state index is 13.9. The van der Waals surface area contributed by atoms with Crippen LogP contribution in [0, 0.1) is 0 Å². The van der Waals surface area contributed by atoms with Crippen molar-refractivity contribution in [1.82, 2.24) is 4.90 Å². The monoisotopic (exact) mass is 467 g/mol. The fraction of sp³-hybridized carbons (Fsp3) is 0.481. The van der Waals surface area contributed by atoms with E-state index in [1.807, 2.05) is 72.4 Å². The van der Waals surface area contributed by atoms with Gasteiger partial charge in [-0.3, -0.25) is 9.59 Å². The number of benzene rings is 2. The van der Waals surface area contributed by atoms with Crippen LogP contribution in [0.2, 0.25) is 0 Å². The second-order valence-electron chi connectivity index (χ2n) is 8.94. The second-order valence-corrected chi connectivity index (χ2v) is 8.94. The topological polar surface area (TPSA) is 71.1 Å². The van der Waals surface area contributed by atoms with Gasteiger partial charge in [0.25, 0.3) is 0 Å². The van der Waals surface area contributed by atoms with Crippen molar-refractivity contribution in [3.05, 3.63) is 59.7 Å². The van der Waals surface area contributed by atoms with Gasteiger partial charge in [0.1, 0.15) is 6.61 Å². The quantitative estimate of drug-likeness (QED) is 0.540. The summed E-state index contributed by atoms with van der Waals surface area (Å²) in [5.74, 6) is -0.328. The molecule has 34 heavy (non-hydrogen) atoms. The third-order valence-corrected chi connectivity index (χ3v) is 6.15. The Morgan fingerprint density at radius 2 is 1.94 bits per heavy atom. The first-order chi connectivity index (χ1) is 16.4. The molecule has 3 rings (SSSR count). The Labute approximate surface area is 203 Å². The van der Waals surface area contributed by atoms with Gasteiger partial charge in [0.05, 0.1) is 12.0 Å². The summed E-state index contributed by atoms with van der Waals surface area (Å²) in [4.78, 5) is 29.9. The predicted octanol–water partition coefficient (Wildman–Crippen LogP) is 4.04. The van der Waals surface area contributed by atoms with Crippen molar-refractivity contribution in [2.45, 2.75) is 44.8 Å². The van der Waals surface area contributed by atoms with Crippen molar-refractivity contribution in [3.8, 4) is 0 Å². The highest BCUT2D eigenvalue weighted by molar-refractivity contribution is 5.92. The number of rotatable bonds is 11. The number of methoxy groups -OCH3 is 1. The predicted molar refractivity (Wildman–Crippen MR) is 135 cm³/mol. The summed E-state index contributed by atoms with van der Waals surface area (Å²) in [5, 5.41) is 2.87. The lowest BCUT2D eigenvalue weighted by molar-refractivity contribution is -0.135. The highest BCUT2D eigenvalue weighted by Crippen LogP contribution is 2.29. The summed E-state index contributed by atoms with van der Waals surface area (Å²) in [6.45, 7) is 3.77. The summed E-state index contributed by atoms with van der Waals surface area (Å²) in [6, 6.07) is 15.8. The van der Waals surface area contributed by atoms with Crippen LogP contribution >= 0.6 is 0 Å². The van der Waals surface area contributed by atoms with Gasteiger partial charge >= 0.3 is 0 Å². The molecule has 1 heterocycles. The van der Waals surface area contributed by atoms with Crippen LogP contribution in [0.5, 0.6) is 0 Å². The number of carbonyl (C=O) groups is 2. The number of hydrogen-bond donors (Lipinski definition) is 1. The van der Waals surface area contributed by atoms with Crippen LogP contribution < -0.4 is 10.2 Å². The molecular formula is C27H37N3O4. The lowest BCUT2D eigenvalue weighted by Crippen LogP contribution is -2.40. The Hall–Kier alpha value is -2.90. The summed E-state index contributed by atoms with van der Waals surface area (Å²) in [5.41, 5.74) is 3.68. The number of ether oxygens (including phenoxy) is 2. The fourth-order valence-corrected chi connectivity index (χ4v) is 4.49. The zero-order valence-corrected chi connectivity index (χ0v) is 20.8. The second kappa shape index (κ2) is 12.5. The van der Waals surface area contributed by atoms with E-state index >= 15 is 0 Å². The zero-order chi connectivity index (χ0) is 24.5. The summed E-state index contributed by atoms with van der Waals surface area (Å²) < 4.78 is 10.8. The first-order valence-electron chi connectivity index (χ1n) is 12.0. The Bertz CT molecular complexity index is 942. The fourth-order valence-electron chi connectivity index (χ4n) is 4.49. The molecule has 2 aromatic carbocycles. The Kier molecular flexibility index (Phi) is 9.48. The van der Waals surface area contributed by atoms with Crippen molar-refractivity contribution in [1.29, 1.82) is 0 Å². The van der Waals surface area contributed by atoms with Crippen molar-refractivity contribution >= 4 is 23.2 Å². The molecule has 0 aromatic heterocycles. The van der Waals surface area contributed by atoms with Crippen molar-refractivity contribution < 1.29 is 19.1 Å². The van der Waals surface area contributed by atoms with E-state index in [0.29, 0.717) is 18.8 Å². The molecule has 0 aliphatic carbocycles. The average molecular weight is 468 g/mol. The number of nitrogens with zero attached hydrogens (tertiary/aromatic N) is 2. The molecule has 0 radical (unpaired) electrons. The highest BCUT2D eigenvalue weighted by atomic mass is 16.5. The lowest BCUT2D eigenvalue weighted by Gasteiger charge is -2.31. The van der Waals surface area contributed by atoms with Gasteiger partial charge in [-0.15, -0.1) is 0 Å². The van der Waals surface area contributed by atoms with E-state index in [1.54, 1.807) is 0 Å². The van der Waals surface area contributed by atoms with Crippen LogP contribution in [-0.4, -0.2) is 63.8 Å². The maximum Gasteiger partial charge on any atom is 0.250 e. The lowest BCUT2D eigenvalue weighted by atomic mass is 9.94. The van der Waals surface area contributed by atoms with E-state index in [-0.39, 0.29) is 30.4 Å². The number of carbonyl (C=O) groups excluding carboxylic acids is 2. The van der Waals surface area contributed by atoms with Crippen LogP contribution in [-0.2, 0) is 25.6 Å². The number of amides is 2. The van der Waals surface area contributed by atoms with Crippen LogP contribution in [0.25, 0.3) is 0 Å². The molecule has 7 nitrogen and oxygen atoms in total. The third kappa shape index (κ3) is 6.81. The van der Waals surface area contributed by atoms with Gasteiger partial charge in [0.2, 0.25) is 11.8 Å². The van der Waals surface area contributed by atoms with Crippen LogP contribution in [0.1, 0.15) is 43.2 Å². The van der Waals surface area contributed by atoms with E-state index in [2.05, 4.69) is 12.2 Å². The van der Waals surface area contributed by atoms with Gasteiger partial charge in [0, 0.05) is 52.3 Å². The van der Waals surface area contributed by atoms with Gasteiger partial charge in [0.15, 0.2) is 0 Å². The minimum Gasteiger partial charge on any atom is -0.377 e. The van der Waals surface area contributed by atoms with E-state index in [9.17, 15) is 9.59 Å². The van der Waals surface area contributed by atoms with Gasteiger partial charge in [-0.05, 0) is 48.6 Å². The molecule has 0 unspecified atom stereocenters. The summed E-state index contributed by atoms with van der Waals surface area (Å²) >= 11 is 0. The molecule has 2 amide bonds. The van der Waals surface area contributed by atoms with E-state index in [1.165, 1.54) is 7.11 Å². The molecule has 1 N–H and O–H groups in total. The summed E-state index contributed by atoms with van der Waals surface area (Å²) in [7, 11) is 5.45. The number of nitrogens with one attached hydrogen (secondary N) is 1. The van der Waals surface area contributed by atoms with Crippen LogP contribution in [0.4, 0.5) is 11.4 Å². The number of anilines is 2. The first kappa shape index (κ1) is 25.7. The van der Waals surface area contributed by atoms with Crippen molar-refractivity contribution in [2.24, 2.45) is 0 Å². The number of hydrogen-bond acceptors (Lipinski definition) is 5. The largest absolute Gasteiger partial charge is 0.377 e. The van der Waals surface area contributed by atoms with Gasteiger partial charge in [-0.1, -0.05) is 37.3 Å². The molecule has 184 valence electrons. The van der Waals surface area contributed by atoms with Crippen molar-refractivity contribution in [2.75, 3.05) is 51.2 Å². The van der Waals surface area contributed by atoms with Crippen LogP contribution in [0.15, 0.2) is 48.5 Å². The maximum atomic E-state index is 13.9. The third-order valence-electron chi connectivity index (χ3n) is 6.15. The molecule has 7 heteroatoms. The standard InChI is InChI=1S/C27H37N3O4/c1-5-24(20-10-7-6-8-11-20)27(32)30(18-23-12-9-15-34-23)17-21-16-22(28-26(31)19-33-4)13-14-25(21)29(2)3/h6-8,10-11,13-14,16,23-24H,5,9,12,15,17-19H2,1-4H3,(H,28,31)/t23-,24+/m1/s1. The minimum atomic E-state index is -0.214. The molecule has 0 bridgehead atoms. The zero-order valence-electron chi connectivity index (χ0n) is 20.8. The van der Waals surface area contributed by atoms with E-state index in [0.717, 1.165) is 42.7 Å². The SMILES string of the molecule is CC[C@H](C(=O)N(Cc1cc(NC(=O)COC)ccc1N(C)C)C[C@H]1CCCO1)c1ccccc1. The van der Waals surface area contributed by atoms with Gasteiger partial charge < -0.3 is 24.6 Å². The molecule has 0 saturated carbocycles. The first-order valence-corrected chi connectivity index (χ1v) is 12.0. The van der Waals surface area contributed by atoms with Gasteiger partial charge in [-0.2, -0.15) is 0 Å². The Morgan fingerprint density at radius 3 is 2.56 bits per heavy atom. The normalized spacial score (nSPS) is 16.2. The molecule has 2 atom stereocenters. The molecule has 0 spiro atoms. The van der Waals surface area contributed by atoms with E-state index in [4.69, 9.17) is 9.47 Å². The molecule has 1 aliphatic rings. The van der Waals surface area contributed by atoms with Crippen LogP contribution in [0.3, 0.4) is 0 Å². The van der Waals surface area contributed by atoms with Gasteiger partial charge in [-0.25, -0.2) is 0 Å². The average Bonchev–Trinajstić information content (AvgIpc) is 3.33. The molecular weight excluding hydrogens is 430 g/mol. The molecule has 1 aliphatic heterocycles. The summed E-state index contributed by atoms with van der Waals surface area (Å²) in [6.07, 6.45) is 2.74.